The van der Waals surface area contributed by atoms with Crippen LogP contribution in [0.15, 0.2) is 11.6 Å². The molecule has 1 aromatic heterocycles. The van der Waals surface area contributed by atoms with Crippen LogP contribution in [0.5, 0.6) is 0 Å². The minimum Gasteiger partial charge on any atom is -0.362 e. The summed E-state index contributed by atoms with van der Waals surface area (Å²) in [6.45, 7) is 0.943. The fraction of sp³-hybridized carbons (Fsp3) is 0.720. The van der Waals surface area contributed by atoms with E-state index >= 15 is 0 Å². The van der Waals surface area contributed by atoms with Crippen molar-refractivity contribution in [3.63, 3.8) is 0 Å². The van der Waals surface area contributed by atoms with Crippen LogP contribution in [0.25, 0.3) is 0 Å². The molecule has 0 saturated heterocycles. The highest BCUT2D eigenvalue weighted by Crippen LogP contribution is 2.29. The van der Waals surface area contributed by atoms with Gasteiger partial charge in [-0.25, -0.2) is 4.98 Å². The third-order valence-electron chi connectivity index (χ3n) is 7.10. The fourth-order valence-corrected chi connectivity index (χ4v) is 5.55. The van der Waals surface area contributed by atoms with E-state index in [0.717, 1.165) is 68.4 Å². The van der Waals surface area contributed by atoms with E-state index in [1.54, 1.807) is 5.57 Å². The molecule has 0 atom stereocenters. The topological polar surface area (TPSA) is 65.1 Å². The van der Waals surface area contributed by atoms with Crippen molar-refractivity contribution in [1.82, 2.24) is 20.6 Å². The van der Waals surface area contributed by atoms with Crippen molar-refractivity contribution in [2.45, 2.75) is 95.6 Å². The van der Waals surface area contributed by atoms with E-state index in [9.17, 15) is 0 Å². The number of aryl methyl sites for hydroxylation is 1. The molecule has 3 N–H and O–H groups in total. The molecule has 1 fully saturated rings. The normalized spacial score (nSPS) is 23.0. The summed E-state index contributed by atoms with van der Waals surface area (Å²) < 4.78 is 0. The molecule has 0 spiro atoms. The summed E-state index contributed by atoms with van der Waals surface area (Å²) in [5, 5.41) is 11.4. The minimum atomic E-state index is 0.435. The second-order valence-corrected chi connectivity index (χ2v) is 10.3. The van der Waals surface area contributed by atoms with E-state index in [0.29, 0.717) is 12.1 Å². The van der Waals surface area contributed by atoms with E-state index in [1.165, 1.54) is 49.8 Å². The third-order valence-corrected chi connectivity index (χ3v) is 7.36. The van der Waals surface area contributed by atoms with E-state index in [1.807, 2.05) is 0 Å². The highest BCUT2D eigenvalue weighted by Gasteiger charge is 2.24. The van der Waals surface area contributed by atoms with Crippen molar-refractivity contribution in [3.05, 3.63) is 22.9 Å². The molecule has 1 saturated carbocycles. The number of fused-ring (bicyclic) bond motifs is 1. The molecule has 0 aromatic carbocycles. The number of hydrogen-bond donors (Lipinski definition) is 3. The van der Waals surface area contributed by atoms with Gasteiger partial charge in [-0.2, -0.15) is 4.98 Å². The molecule has 3 aliphatic carbocycles. The van der Waals surface area contributed by atoms with Crippen LogP contribution >= 0.6 is 12.2 Å². The predicted molar refractivity (Wildman–Crippen MR) is 138 cm³/mol. The molecule has 7 heteroatoms. The first-order chi connectivity index (χ1) is 15.6. The molecule has 0 radical (unpaired) electrons. The van der Waals surface area contributed by atoms with E-state index in [4.69, 9.17) is 22.2 Å². The maximum absolute atomic E-state index is 5.55. The summed E-state index contributed by atoms with van der Waals surface area (Å²) >= 11 is 5.55. The van der Waals surface area contributed by atoms with Crippen molar-refractivity contribution in [1.29, 1.82) is 0 Å². The second-order valence-electron chi connectivity index (χ2n) is 9.85. The Morgan fingerprint density at radius 2 is 1.75 bits per heavy atom. The van der Waals surface area contributed by atoms with Crippen LogP contribution in [0.2, 0.25) is 0 Å². The summed E-state index contributed by atoms with van der Waals surface area (Å²) in [5.74, 6) is 1.90. The van der Waals surface area contributed by atoms with Crippen LogP contribution in [0.4, 0.5) is 11.8 Å². The molecule has 4 rings (SSSR count). The number of aromatic nitrogens is 2. The molecule has 0 amide bonds. The van der Waals surface area contributed by atoms with Gasteiger partial charge in [0.25, 0.3) is 0 Å². The van der Waals surface area contributed by atoms with E-state index in [2.05, 4.69) is 41.0 Å². The van der Waals surface area contributed by atoms with E-state index in [-0.39, 0.29) is 0 Å². The van der Waals surface area contributed by atoms with Crippen LogP contribution in [0.1, 0.15) is 81.9 Å². The molecule has 0 bridgehead atoms. The van der Waals surface area contributed by atoms with Crippen LogP contribution in [-0.2, 0) is 12.8 Å². The zero-order valence-corrected chi connectivity index (χ0v) is 20.7. The van der Waals surface area contributed by atoms with Gasteiger partial charge in [-0.3, -0.25) is 0 Å². The van der Waals surface area contributed by atoms with E-state index < -0.39 is 0 Å². The SMILES string of the molecule is CN(C)c1nc(N[C@H]2CC[C@@H](NC(=S)NCCC3=CCCCC3)CC2)nc2c1CCCC2. The van der Waals surface area contributed by atoms with Crippen molar-refractivity contribution in [2.24, 2.45) is 0 Å². The molecule has 1 aromatic rings. The number of nitrogens with one attached hydrogen (secondary N) is 3. The lowest BCUT2D eigenvalue weighted by Crippen LogP contribution is -2.45. The van der Waals surface area contributed by atoms with Gasteiger partial charge in [0, 0.05) is 38.3 Å². The van der Waals surface area contributed by atoms with Crippen LogP contribution < -0.4 is 20.9 Å². The largest absolute Gasteiger partial charge is 0.362 e. The first-order valence-electron chi connectivity index (χ1n) is 12.6. The van der Waals surface area contributed by atoms with Crippen LogP contribution in [-0.4, -0.2) is 47.8 Å². The van der Waals surface area contributed by atoms with Crippen LogP contribution in [0.3, 0.4) is 0 Å². The molecule has 176 valence electrons. The third kappa shape index (κ3) is 6.33. The number of allylic oxidation sites excluding steroid dienone is 1. The van der Waals surface area contributed by atoms with Crippen molar-refractivity contribution in [3.8, 4) is 0 Å². The quantitative estimate of drug-likeness (QED) is 0.412. The zero-order chi connectivity index (χ0) is 22.3. The zero-order valence-electron chi connectivity index (χ0n) is 19.9. The summed E-state index contributed by atoms with van der Waals surface area (Å²) in [6, 6.07) is 0.896. The fourth-order valence-electron chi connectivity index (χ4n) is 5.28. The van der Waals surface area contributed by atoms with Crippen molar-refractivity contribution in [2.75, 3.05) is 30.9 Å². The van der Waals surface area contributed by atoms with Gasteiger partial charge in [0.2, 0.25) is 5.95 Å². The smallest absolute Gasteiger partial charge is 0.225 e. The molecular formula is C25H40N6S. The molecule has 1 heterocycles. The number of anilines is 2. The van der Waals surface area contributed by atoms with Crippen molar-refractivity contribution < 1.29 is 0 Å². The Hall–Kier alpha value is -1.89. The van der Waals surface area contributed by atoms with Gasteiger partial charge in [0.05, 0.1) is 5.69 Å². The van der Waals surface area contributed by atoms with Crippen molar-refractivity contribution >= 4 is 29.1 Å². The second kappa shape index (κ2) is 11.3. The number of hydrogen-bond acceptors (Lipinski definition) is 5. The summed E-state index contributed by atoms with van der Waals surface area (Å²) in [7, 11) is 4.17. The van der Waals surface area contributed by atoms with Gasteiger partial charge in [0.1, 0.15) is 5.82 Å². The standard InChI is InChI=1S/C25H40N6S/c1-31(2)23-21-10-6-7-11-22(21)29-24(30-23)27-19-12-14-20(15-13-19)28-25(32)26-17-16-18-8-4-3-5-9-18/h8,19-20H,3-7,9-17H2,1-2H3,(H2,26,28,32)(H,27,29,30)/t19-,20+. The molecule has 0 aliphatic heterocycles. The molecule has 6 nitrogen and oxygen atoms in total. The average Bonchev–Trinajstić information content (AvgIpc) is 2.80. The average molecular weight is 457 g/mol. The Balaban J connectivity index is 1.21. The number of thiocarbonyl (C=S) groups is 1. The van der Waals surface area contributed by atoms with Gasteiger partial charge in [-0.15, -0.1) is 0 Å². The minimum absolute atomic E-state index is 0.435. The maximum atomic E-state index is 5.55. The highest BCUT2D eigenvalue weighted by atomic mass is 32.1. The van der Waals surface area contributed by atoms with Crippen LogP contribution in [0, 0.1) is 0 Å². The Morgan fingerprint density at radius 3 is 2.50 bits per heavy atom. The van der Waals surface area contributed by atoms with Gasteiger partial charge >= 0.3 is 0 Å². The predicted octanol–water partition coefficient (Wildman–Crippen LogP) is 4.50. The lowest BCUT2D eigenvalue weighted by Gasteiger charge is -2.31. The van der Waals surface area contributed by atoms with Gasteiger partial charge in [0.15, 0.2) is 5.11 Å². The Bertz CT molecular complexity index is 813. The first-order valence-corrected chi connectivity index (χ1v) is 13.0. The lowest BCUT2D eigenvalue weighted by atomic mass is 9.91. The monoisotopic (exact) mass is 456 g/mol. The molecule has 0 unspecified atom stereocenters. The van der Waals surface area contributed by atoms with Gasteiger partial charge in [-0.1, -0.05) is 11.6 Å². The maximum Gasteiger partial charge on any atom is 0.225 e. The molecule has 32 heavy (non-hydrogen) atoms. The summed E-state index contributed by atoms with van der Waals surface area (Å²) in [6.07, 6.45) is 17.9. The number of nitrogens with zero attached hydrogens (tertiary/aromatic N) is 3. The number of rotatable bonds is 7. The Labute approximate surface area is 199 Å². The first kappa shape index (κ1) is 23.3. The van der Waals surface area contributed by atoms with Gasteiger partial charge in [-0.05, 0) is 95.7 Å². The van der Waals surface area contributed by atoms with Gasteiger partial charge < -0.3 is 20.9 Å². The Morgan fingerprint density at radius 1 is 1.00 bits per heavy atom. The highest BCUT2D eigenvalue weighted by molar-refractivity contribution is 7.80. The lowest BCUT2D eigenvalue weighted by molar-refractivity contribution is 0.385. The Kier molecular flexibility index (Phi) is 8.22. The summed E-state index contributed by atoms with van der Waals surface area (Å²) in [5.41, 5.74) is 4.19. The summed E-state index contributed by atoms with van der Waals surface area (Å²) in [4.78, 5) is 11.9. The molecule has 3 aliphatic rings. The molecular weight excluding hydrogens is 416 g/mol.